The van der Waals surface area contributed by atoms with Crippen LogP contribution in [-0.2, 0) is 4.79 Å². The second-order valence-electron chi connectivity index (χ2n) is 7.90. The number of aromatic nitrogens is 3. The van der Waals surface area contributed by atoms with Gasteiger partial charge in [-0.15, -0.1) is 0 Å². The van der Waals surface area contributed by atoms with Gasteiger partial charge in [0.2, 0.25) is 5.91 Å². The van der Waals surface area contributed by atoms with E-state index in [1.807, 2.05) is 0 Å². The fourth-order valence-electron chi connectivity index (χ4n) is 3.77. The number of carbonyl (C=O) groups excluding carboxylic acids is 1. The lowest BCUT2D eigenvalue weighted by Crippen LogP contribution is -2.17. The first-order valence-electron chi connectivity index (χ1n) is 10.2. The fourth-order valence-corrected chi connectivity index (χ4v) is 3.77. The second-order valence-corrected chi connectivity index (χ2v) is 7.90. The number of hydrogen-bond donors (Lipinski definition) is 3. The van der Waals surface area contributed by atoms with Crippen LogP contribution >= 0.6 is 0 Å². The zero-order valence-corrected chi connectivity index (χ0v) is 17.2. The van der Waals surface area contributed by atoms with Gasteiger partial charge >= 0.3 is 0 Å². The van der Waals surface area contributed by atoms with Gasteiger partial charge in [0.05, 0.1) is 11.9 Å². The van der Waals surface area contributed by atoms with E-state index < -0.39 is 5.82 Å². The first-order chi connectivity index (χ1) is 15.0. The highest BCUT2D eigenvalue weighted by Gasteiger charge is 2.34. The minimum absolute atomic E-state index is 0.0554. The Balaban J connectivity index is 1.47. The lowest BCUT2D eigenvalue weighted by molar-refractivity contribution is -0.116. The lowest BCUT2D eigenvalue weighted by Gasteiger charge is -2.21. The van der Waals surface area contributed by atoms with E-state index >= 15 is 0 Å². The third kappa shape index (κ3) is 3.80. The van der Waals surface area contributed by atoms with Gasteiger partial charge in [-0.1, -0.05) is 6.92 Å². The predicted molar refractivity (Wildman–Crippen MR) is 114 cm³/mol. The van der Waals surface area contributed by atoms with Gasteiger partial charge in [0.25, 0.3) is 0 Å². The summed E-state index contributed by atoms with van der Waals surface area (Å²) in [4.78, 5) is 17.0. The smallest absolute Gasteiger partial charge is 0.224 e. The summed E-state index contributed by atoms with van der Waals surface area (Å²) >= 11 is 0. The van der Waals surface area contributed by atoms with Crippen molar-refractivity contribution in [3.8, 4) is 11.5 Å². The van der Waals surface area contributed by atoms with E-state index in [1.165, 1.54) is 12.1 Å². The molecule has 0 bridgehead atoms. The van der Waals surface area contributed by atoms with Gasteiger partial charge in [-0.25, -0.2) is 9.37 Å². The highest BCUT2D eigenvalue weighted by molar-refractivity contribution is 5.95. The Kier molecular flexibility index (Phi) is 4.76. The number of nitrogens with one attached hydrogen (secondary N) is 3. The van der Waals surface area contributed by atoms with Crippen molar-refractivity contribution in [3.63, 3.8) is 0 Å². The average Bonchev–Trinajstić information content (AvgIpc) is 3.29. The molecule has 2 atom stereocenters. The number of amides is 1. The van der Waals surface area contributed by atoms with Crippen LogP contribution in [0.4, 0.5) is 27.4 Å². The molecule has 1 aliphatic carbocycles. The summed E-state index contributed by atoms with van der Waals surface area (Å²) in [6.45, 7) is 2.88. The molecule has 5 rings (SSSR count). The van der Waals surface area contributed by atoms with Gasteiger partial charge in [-0.2, -0.15) is 9.61 Å². The van der Waals surface area contributed by atoms with E-state index in [9.17, 15) is 9.18 Å². The van der Waals surface area contributed by atoms with Crippen LogP contribution in [0, 0.1) is 17.7 Å². The Labute approximate surface area is 177 Å². The van der Waals surface area contributed by atoms with Crippen LogP contribution in [0.1, 0.15) is 19.8 Å². The number of fused-ring (bicyclic) bond motifs is 2. The van der Waals surface area contributed by atoms with Crippen LogP contribution in [0.15, 0.2) is 24.4 Å². The van der Waals surface area contributed by atoms with Crippen molar-refractivity contribution in [3.05, 3.63) is 30.2 Å². The number of benzene rings is 1. The predicted octanol–water partition coefficient (Wildman–Crippen LogP) is 3.41. The summed E-state index contributed by atoms with van der Waals surface area (Å²) < 4.78 is 26.8. The molecule has 1 saturated carbocycles. The van der Waals surface area contributed by atoms with Crippen molar-refractivity contribution >= 4 is 34.6 Å². The van der Waals surface area contributed by atoms with Crippen molar-refractivity contribution in [2.24, 2.45) is 11.8 Å². The molecule has 0 saturated heterocycles. The fraction of sp³-hybridized carbons (Fsp3) is 0.381. The van der Waals surface area contributed by atoms with Gasteiger partial charge in [0, 0.05) is 31.7 Å². The van der Waals surface area contributed by atoms with Gasteiger partial charge in [0.1, 0.15) is 36.4 Å². The van der Waals surface area contributed by atoms with Crippen molar-refractivity contribution < 1.29 is 18.7 Å². The number of hydrogen-bond acceptors (Lipinski definition) is 7. The minimum atomic E-state index is -0.451. The highest BCUT2D eigenvalue weighted by atomic mass is 19.1. The molecule has 3 heterocycles. The summed E-state index contributed by atoms with van der Waals surface area (Å²) in [5.41, 5.74) is 1.38. The molecule has 10 heteroatoms. The topological polar surface area (TPSA) is 102 Å². The average molecular weight is 426 g/mol. The summed E-state index contributed by atoms with van der Waals surface area (Å²) in [6.07, 6.45) is 3.15. The summed E-state index contributed by atoms with van der Waals surface area (Å²) in [7, 11) is 1.76. The number of anilines is 4. The Morgan fingerprint density at radius 1 is 1.26 bits per heavy atom. The number of halogens is 1. The van der Waals surface area contributed by atoms with Crippen LogP contribution in [0.5, 0.6) is 11.5 Å². The third-order valence-corrected chi connectivity index (χ3v) is 5.60. The first-order valence-corrected chi connectivity index (χ1v) is 10.2. The Morgan fingerprint density at radius 3 is 2.84 bits per heavy atom. The molecule has 2 aromatic heterocycles. The van der Waals surface area contributed by atoms with Crippen molar-refractivity contribution in [2.45, 2.75) is 19.8 Å². The molecule has 1 fully saturated rings. The van der Waals surface area contributed by atoms with E-state index in [1.54, 1.807) is 23.8 Å². The quantitative estimate of drug-likeness (QED) is 0.555. The molecule has 1 amide bonds. The Hall–Kier alpha value is -3.56. The van der Waals surface area contributed by atoms with Crippen molar-refractivity contribution in [1.82, 2.24) is 14.6 Å². The molecule has 0 spiro atoms. The van der Waals surface area contributed by atoms with Crippen LogP contribution < -0.4 is 25.4 Å². The molecule has 162 valence electrons. The minimum Gasteiger partial charge on any atom is -0.486 e. The van der Waals surface area contributed by atoms with Crippen molar-refractivity contribution in [1.29, 1.82) is 0 Å². The number of ether oxygens (including phenoxy) is 2. The maximum atomic E-state index is 14.1. The maximum Gasteiger partial charge on any atom is 0.224 e. The van der Waals surface area contributed by atoms with Gasteiger partial charge < -0.3 is 25.4 Å². The van der Waals surface area contributed by atoms with Crippen LogP contribution in [0.3, 0.4) is 0 Å². The first kappa shape index (κ1) is 19.4. The Morgan fingerprint density at radius 2 is 2.06 bits per heavy atom. The molecular formula is C21H23FN6O3. The zero-order valence-electron chi connectivity index (χ0n) is 17.2. The molecule has 0 radical (unpaired) electrons. The SMILES string of the molecule is CNc1cc(Nc2cc(F)cc3c2OCCO3)nc2c(NC(=O)C[C@@H]3C[C@@H]3C)cnn12. The standard InChI is InChI=1S/C21H23FN6O3/c1-11-5-12(11)6-19(29)26-15-10-24-28-18(23-2)9-17(27-21(15)28)25-14-7-13(22)8-16-20(14)31-4-3-30-16/h7-12,23H,3-6H2,1-2H3,(H,25,27)(H,26,29)/t11-,12-/m0/s1. The zero-order chi connectivity index (χ0) is 21.5. The van der Waals surface area contributed by atoms with Gasteiger partial charge in [0.15, 0.2) is 17.1 Å². The van der Waals surface area contributed by atoms with Crippen LogP contribution in [-0.4, -0.2) is 40.8 Å². The molecule has 2 aliphatic rings. The molecule has 3 N–H and O–H groups in total. The number of carbonyl (C=O) groups is 1. The summed E-state index contributed by atoms with van der Waals surface area (Å²) in [5, 5.41) is 13.4. The van der Waals surface area contributed by atoms with Gasteiger partial charge in [-0.3, -0.25) is 4.79 Å². The van der Waals surface area contributed by atoms with E-state index in [0.717, 1.165) is 6.42 Å². The molecule has 9 nitrogen and oxygen atoms in total. The molecule has 3 aromatic rings. The monoisotopic (exact) mass is 426 g/mol. The van der Waals surface area contributed by atoms with Gasteiger partial charge in [-0.05, 0) is 18.3 Å². The molecule has 1 aliphatic heterocycles. The number of nitrogens with zero attached hydrogens (tertiary/aromatic N) is 3. The third-order valence-electron chi connectivity index (χ3n) is 5.60. The summed E-state index contributed by atoms with van der Waals surface area (Å²) in [5.74, 6) is 2.39. The van der Waals surface area contributed by atoms with Crippen molar-refractivity contribution in [2.75, 3.05) is 36.2 Å². The number of rotatable bonds is 6. The second kappa shape index (κ2) is 7.60. The largest absolute Gasteiger partial charge is 0.486 e. The molecule has 0 unspecified atom stereocenters. The van der Waals surface area contributed by atoms with Crippen LogP contribution in [0.25, 0.3) is 5.65 Å². The molecular weight excluding hydrogens is 403 g/mol. The normalized spacial score (nSPS) is 19.2. The molecule has 31 heavy (non-hydrogen) atoms. The van der Waals surface area contributed by atoms with E-state index in [2.05, 4.69) is 33.0 Å². The van der Waals surface area contributed by atoms with E-state index in [4.69, 9.17) is 9.47 Å². The Bertz CT molecular complexity index is 1160. The molecule has 1 aromatic carbocycles. The van der Waals surface area contributed by atoms with E-state index in [0.29, 0.717) is 71.6 Å². The lowest BCUT2D eigenvalue weighted by atomic mass is 10.2. The van der Waals surface area contributed by atoms with E-state index in [-0.39, 0.29) is 5.91 Å². The summed E-state index contributed by atoms with van der Waals surface area (Å²) in [6, 6.07) is 4.35. The highest BCUT2D eigenvalue weighted by Crippen LogP contribution is 2.41. The van der Waals surface area contributed by atoms with Crippen LogP contribution in [0.2, 0.25) is 0 Å². The maximum absolute atomic E-state index is 14.1.